The monoisotopic (exact) mass is 412 g/mol. The van der Waals surface area contributed by atoms with Crippen LogP contribution in [0.4, 0.5) is 5.13 Å². The SMILES string of the molecule is Cc1cc(C(=O)Nc2nc3c(s2)CN(C(=O)c2ccc4c(c2)OCO4)CC3)no1. The van der Waals surface area contributed by atoms with E-state index in [1.54, 1.807) is 36.1 Å². The Bertz CT molecular complexity index is 1120. The van der Waals surface area contributed by atoms with Gasteiger partial charge in [-0.05, 0) is 25.1 Å². The van der Waals surface area contributed by atoms with Crippen LogP contribution in [0.1, 0.15) is 37.2 Å². The van der Waals surface area contributed by atoms with Crippen LogP contribution in [0, 0.1) is 6.92 Å². The number of rotatable bonds is 3. The Balaban J connectivity index is 1.29. The van der Waals surface area contributed by atoms with Crippen LogP contribution in [0.15, 0.2) is 28.8 Å². The number of aromatic nitrogens is 2. The van der Waals surface area contributed by atoms with Gasteiger partial charge in [0.15, 0.2) is 22.3 Å². The molecular formula is C19H16N4O5S. The molecule has 0 unspecified atom stereocenters. The Labute approximate surface area is 169 Å². The molecule has 2 aliphatic heterocycles. The van der Waals surface area contributed by atoms with Crippen LogP contribution < -0.4 is 14.8 Å². The number of nitrogens with one attached hydrogen (secondary N) is 1. The lowest BCUT2D eigenvalue weighted by atomic mass is 10.1. The number of carbonyl (C=O) groups excluding carboxylic acids is 2. The van der Waals surface area contributed by atoms with Crippen molar-refractivity contribution in [3.8, 4) is 11.5 Å². The van der Waals surface area contributed by atoms with Gasteiger partial charge in [0, 0.05) is 29.5 Å². The van der Waals surface area contributed by atoms with Crippen molar-refractivity contribution in [1.29, 1.82) is 0 Å². The number of carbonyl (C=O) groups is 2. The maximum atomic E-state index is 12.9. The molecule has 0 radical (unpaired) electrons. The van der Waals surface area contributed by atoms with Gasteiger partial charge in [0.25, 0.3) is 11.8 Å². The number of thiazole rings is 1. The molecule has 4 heterocycles. The number of hydrogen-bond acceptors (Lipinski definition) is 8. The van der Waals surface area contributed by atoms with Crippen molar-refractivity contribution in [1.82, 2.24) is 15.0 Å². The fraction of sp³-hybridized carbons (Fsp3) is 0.263. The third-order valence-electron chi connectivity index (χ3n) is 4.72. The minimum absolute atomic E-state index is 0.0778. The highest BCUT2D eigenvalue weighted by molar-refractivity contribution is 7.15. The Morgan fingerprint density at radius 1 is 1.21 bits per heavy atom. The van der Waals surface area contributed by atoms with E-state index in [0.29, 0.717) is 47.5 Å². The highest BCUT2D eigenvalue weighted by Crippen LogP contribution is 2.34. The molecule has 0 atom stereocenters. The molecule has 0 aliphatic carbocycles. The van der Waals surface area contributed by atoms with Crippen LogP contribution in [0.25, 0.3) is 0 Å². The number of amides is 2. The maximum Gasteiger partial charge on any atom is 0.279 e. The van der Waals surface area contributed by atoms with Crippen LogP contribution in [0.3, 0.4) is 0 Å². The number of benzene rings is 1. The van der Waals surface area contributed by atoms with Crippen molar-refractivity contribution in [3.63, 3.8) is 0 Å². The molecule has 2 aliphatic rings. The number of aryl methyl sites for hydroxylation is 1. The molecule has 1 N–H and O–H groups in total. The van der Waals surface area contributed by atoms with Crippen molar-refractivity contribution in [3.05, 3.63) is 51.9 Å². The standard InChI is InChI=1S/C19H16N4O5S/c1-10-6-13(22-28-10)17(24)21-19-20-12-4-5-23(8-16(12)29-19)18(25)11-2-3-14-15(7-11)27-9-26-14/h2-3,6-7H,4-5,8-9H2,1H3,(H,20,21,24). The predicted octanol–water partition coefficient (Wildman–Crippen LogP) is 2.62. The van der Waals surface area contributed by atoms with Gasteiger partial charge in [0.2, 0.25) is 6.79 Å². The molecule has 3 aromatic rings. The third-order valence-corrected chi connectivity index (χ3v) is 5.72. The zero-order valence-corrected chi connectivity index (χ0v) is 16.2. The van der Waals surface area contributed by atoms with Gasteiger partial charge in [-0.2, -0.15) is 0 Å². The van der Waals surface area contributed by atoms with Crippen LogP contribution >= 0.6 is 11.3 Å². The average molecular weight is 412 g/mol. The Morgan fingerprint density at radius 3 is 2.90 bits per heavy atom. The summed E-state index contributed by atoms with van der Waals surface area (Å²) in [5.74, 6) is 1.34. The first-order valence-corrected chi connectivity index (χ1v) is 9.80. The van der Waals surface area contributed by atoms with E-state index >= 15 is 0 Å². The summed E-state index contributed by atoms with van der Waals surface area (Å²) in [6, 6.07) is 6.76. The van der Waals surface area contributed by atoms with Gasteiger partial charge >= 0.3 is 0 Å². The fourth-order valence-corrected chi connectivity index (χ4v) is 4.29. The van der Waals surface area contributed by atoms with E-state index in [4.69, 9.17) is 14.0 Å². The van der Waals surface area contributed by atoms with Gasteiger partial charge in [-0.1, -0.05) is 16.5 Å². The van der Waals surface area contributed by atoms with Crippen molar-refractivity contribution >= 4 is 28.3 Å². The Morgan fingerprint density at radius 2 is 2.07 bits per heavy atom. The van der Waals surface area contributed by atoms with E-state index in [9.17, 15) is 9.59 Å². The molecule has 0 fully saturated rings. The van der Waals surface area contributed by atoms with Crippen molar-refractivity contribution < 1.29 is 23.6 Å². The normalized spacial score (nSPS) is 14.6. The van der Waals surface area contributed by atoms with Crippen LogP contribution in [0.5, 0.6) is 11.5 Å². The second-order valence-corrected chi connectivity index (χ2v) is 7.79. The summed E-state index contributed by atoms with van der Waals surface area (Å²) >= 11 is 1.36. The summed E-state index contributed by atoms with van der Waals surface area (Å²) in [6.45, 7) is 2.89. The average Bonchev–Trinajstić information content (AvgIpc) is 3.44. The summed E-state index contributed by atoms with van der Waals surface area (Å²) in [5.41, 5.74) is 1.66. The van der Waals surface area contributed by atoms with Crippen LogP contribution in [0.2, 0.25) is 0 Å². The lowest BCUT2D eigenvalue weighted by Gasteiger charge is -2.26. The van der Waals surface area contributed by atoms with Gasteiger partial charge in [0.1, 0.15) is 5.76 Å². The van der Waals surface area contributed by atoms with Gasteiger partial charge in [-0.3, -0.25) is 14.9 Å². The zero-order chi connectivity index (χ0) is 20.0. The number of ether oxygens (including phenoxy) is 2. The lowest BCUT2D eigenvalue weighted by Crippen LogP contribution is -2.35. The van der Waals surface area contributed by atoms with Crippen LogP contribution in [-0.2, 0) is 13.0 Å². The zero-order valence-electron chi connectivity index (χ0n) is 15.4. The summed E-state index contributed by atoms with van der Waals surface area (Å²) in [4.78, 5) is 32.4. The first-order chi connectivity index (χ1) is 14.1. The molecule has 0 bridgehead atoms. The largest absolute Gasteiger partial charge is 0.454 e. The minimum Gasteiger partial charge on any atom is -0.454 e. The third kappa shape index (κ3) is 3.31. The van der Waals surface area contributed by atoms with E-state index < -0.39 is 0 Å². The smallest absolute Gasteiger partial charge is 0.279 e. The van der Waals surface area contributed by atoms with Gasteiger partial charge < -0.3 is 18.9 Å². The molecule has 1 aromatic carbocycles. The van der Waals surface area contributed by atoms with E-state index in [1.807, 2.05) is 0 Å². The second-order valence-electron chi connectivity index (χ2n) is 6.71. The molecule has 5 rings (SSSR count). The number of anilines is 1. The van der Waals surface area contributed by atoms with E-state index in [0.717, 1.165) is 10.6 Å². The minimum atomic E-state index is -0.374. The van der Waals surface area contributed by atoms with Gasteiger partial charge in [-0.15, -0.1) is 0 Å². The molecule has 0 saturated carbocycles. The summed E-state index contributed by atoms with van der Waals surface area (Å²) < 4.78 is 15.6. The topological polar surface area (TPSA) is 107 Å². The first kappa shape index (κ1) is 17.7. The molecule has 29 heavy (non-hydrogen) atoms. The Hall–Kier alpha value is -3.40. The van der Waals surface area contributed by atoms with E-state index in [-0.39, 0.29) is 24.3 Å². The quantitative estimate of drug-likeness (QED) is 0.705. The molecule has 0 saturated heterocycles. The van der Waals surface area contributed by atoms with Crippen molar-refractivity contribution in [2.45, 2.75) is 19.9 Å². The molecular weight excluding hydrogens is 396 g/mol. The van der Waals surface area contributed by atoms with E-state index in [2.05, 4.69) is 15.5 Å². The fourth-order valence-electron chi connectivity index (χ4n) is 3.27. The molecule has 9 nitrogen and oxygen atoms in total. The highest BCUT2D eigenvalue weighted by Gasteiger charge is 2.27. The highest BCUT2D eigenvalue weighted by atomic mass is 32.1. The Kier molecular flexibility index (Phi) is 4.20. The second kappa shape index (κ2) is 6.89. The number of fused-ring (bicyclic) bond motifs is 2. The number of hydrogen-bond donors (Lipinski definition) is 1. The molecule has 2 aromatic heterocycles. The van der Waals surface area contributed by atoms with E-state index in [1.165, 1.54) is 11.3 Å². The molecule has 2 amide bonds. The van der Waals surface area contributed by atoms with Gasteiger partial charge in [-0.25, -0.2) is 4.98 Å². The van der Waals surface area contributed by atoms with Crippen molar-refractivity contribution in [2.24, 2.45) is 0 Å². The summed E-state index contributed by atoms with van der Waals surface area (Å²) in [6.07, 6.45) is 0.626. The summed E-state index contributed by atoms with van der Waals surface area (Å²) in [5, 5.41) is 6.93. The van der Waals surface area contributed by atoms with Crippen LogP contribution in [-0.4, -0.2) is 40.2 Å². The molecule has 148 valence electrons. The summed E-state index contributed by atoms with van der Waals surface area (Å²) in [7, 11) is 0. The van der Waals surface area contributed by atoms with Crippen molar-refractivity contribution in [2.75, 3.05) is 18.7 Å². The first-order valence-electron chi connectivity index (χ1n) is 8.99. The lowest BCUT2D eigenvalue weighted by molar-refractivity contribution is 0.0735. The molecule has 10 heteroatoms. The predicted molar refractivity (Wildman–Crippen MR) is 102 cm³/mol. The maximum absolute atomic E-state index is 12.9. The van der Waals surface area contributed by atoms with Gasteiger partial charge in [0.05, 0.1) is 12.2 Å². The molecule has 0 spiro atoms. The number of nitrogens with zero attached hydrogens (tertiary/aromatic N) is 3.